The Kier molecular flexibility index (Phi) is 8.03. The van der Waals surface area contributed by atoms with Gasteiger partial charge in [-0.05, 0) is 59.7 Å². The molecule has 220 valence electrons. The number of hydrogen-bond donors (Lipinski definition) is 0. The van der Waals surface area contributed by atoms with E-state index >= 15 is 0 Å². The van der Waals surface area contributed by atoms with E-state index in [9.17, 15) is 57.1 Å². The summed E-state index contributed by atoms with van der Waals surface area (Å²) in [6, 6.07) is 5.81. The van der Waals surface area contributed by atoms with Crippen molar-refractivity contribution in [1.29, 1.82) is 0 Å². The Balaban J connectivity index is 1.58. The maximum atomic E-state index is 14.8. The highest BCUT2D eigenvalue weighted by molar-refractivity contribution is 5.70. The Labute approximate surface area is 227 Å². The van der Waals surface area contributed by atoms with Crippen molar-refractivity contribution in [2.45, 2.75) is 12.3 Å². The van der Waals surface area contributed by atoms with Gasteiger partial charge in [-0.3, -0.25) is 0 Å². The molecule has 0 aromatic heterocycles. The lowest BCUT2D eigenvalue weighted by Crippen LogP contribution is -2.21. The van der Waals surface area contributed by atoms with E-state index in [1.54, 1.807) is 0 Å². The fourth-order valence-corrected chi connectivity index (χ4v) is 3.92. The van der Waals surface area contributed by atoms with Crippen LogP contribution in [0.5, 0.6) is 5.75 Å². The molecule has 0 aliphatic heterocycles. The molecule has 4 aromatic rings. The van der Waals surface area contributed by atoms with Crippen LogP contribution in [-0.4, -0.2) is 0 Å². The molecule has 42 heavy (non-hydrogen) atoms. The van der Waals surface area contributed by atoms with Gasteiger partial charge < -0.3 is 4.74 Å². The van der Waals surface area contributed by atoms with Crippen molar-refractivity contribution in [3.8, 4) is 28.0 Å². The summed E-state index contributed by atoms with van der Waals surface area (Å²) >= 11 is 0. The van der Waals surface area contributed by atoms with Crippen LogP contribution in [0, 0.1) is 29.1 Å². The maximum absolute atomic E-state index is 14.8. The smallest absolute Gasteiger partial charge is 0.426 e. The fraction of sp³-hybridized carbons (Fsp3) is 0.0714. The second-order valence-electron chi connectivity index (χ2n) is 8.54. The number of ether oxygens (including phenoxy) is 1. The average molecular weight is 610 g/mol. The molecule has 0 spiro atoms. The third kappa shape index (κ3) is 6.06. The normalized spacial score (nSPS) is 11.9. The average Bonchev–Trinajstić information content (AvgIpc) is 2.86. The maximum Gasteiger partial charge on any atom is 0.426 e. The minimum absolute atomic E-state index is 0.215. The van der Waals surface area contributed by atoms with E-state index in [1.807, 2.05) is 0 Å². The van der Waals surface area contributed by atoms with Gasteiger partial charge in [-0.2, -0.15) is 30.7 Å². The fourth-order valence-electron chi connectivity index (χ4n) is 3.92. The molecule has 0 fully saturated rings. The van der Waals surface area contributed by atoms with E-state index in [0.29, 0.717) is 18.2 Å². The second kappa shape index (κ2) is 11.1. The number of benzene rings is 4. The summed E-state index contributed by atoms with van der Waals surface area (Å²) in [7, 11) is 0. The van der Waals surface area contributed by atoms with Crippen LogP contribution in [0.1, 0.15) is 16.7 Å². The van der Waals surface area contributed by atoms with Gasteiger partial charge in [-0.1, -0.05) is 12.1 Å². The van der Waals surface area contributed by atoms with Gasteiger partial charge in [0.2, 0.25) is 0 Å². The largest absolute Gasteiger partial charge is 0.429 e. The lowest BCUT2D eigenvalue weighted by molar-refractivity contribution is -0.185. The first kappa shape index (κ1) is 30.5. The van der Waals surface area contributed by atoms with Crippen molar-refractivity contribution >= 4 is 5.83 Å². The predicted octanol–water partition coefficient (Wildman–Crippen LogP) is 10.4. The molecule has 0 bridgehead atoms. The highest BCUT2D eigenvalue weighted by Gasteiger charge is 2.38. The Hall–Kier alpha value is -4.49. The van der Waals surface area contributed by atoms with E-state index in [0.717, 1.165) is 24.3 Å². The van der Waals surface area contributed by atoms with Crippen LogP contribution in [0.4, 0.5) is 57.1 Å². The highest BCUT2D eigenvalue weighted by atomic mass is 19.4. The van der Waals surface area contributed by atoms with Gasteiger partial charge in [0.1, 0.15) is 40.4 Å². The zero-order valence-electron chi connectivity index (χ0n) is 20.2. The third-order valence-corrected chi connectivity index (χ3v) is 5.79. The number of alkyl halides is 5. The molecule has 4 rings (SSSR count). The summed E-state index contributed by atoms with van der Waals surface area (Å²) in [4.78, 5) is 0. The molecular formula is C28H11F13O. The van der Waals surface area contributed by atoms with Crippen LogP contribution in [0.25, 0.3) is 28.1 Å². The van der Waals surface area contributed by atoms with Crippen LogP contribution in [0.2, 0.25) is 0 Å². The van der Waals surface area contributed by atoms with Gasteiger partial charge in [-0.25, -0.2) is 26.3 Å². The summed E-state index contributed by atoms with van der Waals surface area (Å²) in [5, 5.41) is 0. The van der Waals surface area contributed by atoms with E-state index in [1.165, 1.54) is 0 Å². The lowest BCUT2D eigenvalue weighted by atomic mass is 10.0. The third-order valence-electron chi connectivity index (χ3n) is 5.79. The van der Waals surface area contributed by atoms with Gasteiger partial charge >= 0.3 is 18.4 Å². The summed E-state index contributed by atoms with van der Waals surface area (Å²) < 4.78 is 182. The van der Waals surface area contributed by atoms with Crippen LogP contribution in [0.15, 0.2) is 72.8 Å². The summed E-state index contributed by atoms with van der Waals surface area (Å²) in [5.74, 6) is -11.4. The Morgan fingerprint density at radius 2 is 1.12 bits per heavy atom. The number of hydrogen-bond acceptors (Lipinski definition) is 1. The number of halogens is 13. The summed E-state index contributed by atoms with van der Waals surface area (Å²) in [6.45, 7) is 0. The molecule has 0 aliphatic carbocycles. The summed E-state index contributed by atoms with van der Waals surface area (Å²) in [6.07, 6.45) is -12.4. The molecule has 0 atom stereocenters. The topological polar surface area (TPSA) is 9.23 Å². The molecule has 0 heterocycles. The van der Waals surface area contributed by atoms with Gasteiger partial charge in [0.05, 0.1) is 11.1 Å². The highest BCUT2D eigenvalue weighted by Crippen LogP contribution is 2.39. The quantitative estimate of drug-likeness (QED) is 0.198. The predicted molar refractivity (Wildman–Crippen MR) is 123 cm³/mol. The van der Waals surface area contributed by atoms with E-state index in [-0.39, 0.29) is 29.8 Å². The van der Waals surface area contributed by atoms with Crippen LogP contribution in [-0.2, 0) is 12.3 Å². The van der Waals surface area contributed by atoms with Crippen molar-refractivity contribution < 1.29 is 61.8 Å². The molecule has 0 radical (unpaired) electrons. The van der Waals surface area contributed by atoms with E-state index in [2.05, 4.69) is 4.74 Å². The van der Waals surface area contributed by atoms with Gasteiger partial charge in [0, 0.05) is 17.2 Å². The first-order valence-electron chi connectivity index (χ1n) is 11.2. The molecule has 0 unspecified atom stereocenters. The molecule has 1 nitrogen and oxygen atoms in total. The molecule has 0 saturated heterocycles. The zero-order chi connectivity index (χ0) is 31.1. The van der Waals surface area contributed by atoms with Crippen molar-refractivity contribution in [2.75, 3.05) is 0 Å². The molecule has 0 aliphatic rings. The van der Waals surface area contributed by atoms with E-state index in [4.69, 9.17) is 0 Å². The van der Waals surface area contributed by atoms with Crippen molar-refractivity contribution in [3.63, 3.8) is 0 Å². The van der Waals surface area contributed by atoms with Crippen molar-refractivity contribution in [2.24, 2.45) is 0 Å². The Morgan fingerprint density at radius 1 is 0.571 bits per heavy atom. The molecule has 0 saturated carbocycles. The molecule has 4 aromatic carbocycles. The van der Waals surface area contributed by atoms with Crippen molar-refractivity contribution in [3.05, 3.63) is 119 Å². The summed E-state index contributed by atoms with van der Waals surface area (Å²) in [5.41, 5.74) is -6.67. The Bertz CT molecular complexity index is 1640. The molecule has 0 N–H and O–H groups in total. The van der Waals surface area contributed by atoms with Crippen LogP contribution in [0.3, 0.4) is 0 Å². The molecular weight excluding hydrogens is 599 g/mol. The minimum Gasteiger partial charge on any atom is -0.429 e. The zero-order valence-corrected chi connectivity index (χ0v) is 20.2. The Morgan fingerprint density at radius 3 is 1.60 bits per heavy atom. The van der Waals surface area contributed by atoms with Gasteiger partial charge in [0.25, 0.3) is 0 Å². The number of rotatable bonds is 6. The van der Waals surface area contributed by atoms with Crippen molar-refractivity contribution in [1.82, 2.24) is 0 Å². The molecule has 14 heteroatoms. The lowest BCUT2D eigenvalue weighted by Gasteiger charge is -2.19. The van der Waals surface area contributed by atoms with Gasteiger partial charge in [-0.15, -0.1) is 0 Å². The monoisotopic (exact) mass is 610 g/mol. The first-order valence-corrected chi connectivity index (χ1v) is 11.2. The van der Waals surface area contributed by atoms with Gasteiger partial charge in [0.15, 0.2) is 5.83 Å². The molecule has 0 amide bonds. The van der Waals surface area contributed by atoms with Crippen LogP contribution < -0.4 is 4.74 Å². The minimum atomic E-state index is -5.37. The van der Waals surface area contributed by atoms with E-state index < -0.39 is 92.4 Å². The standard InChI is InChI=1S/C28H11F13O/c29-18-11-16(5-6-17(18)13-7-21(32)24(22(33)8-13)27(37,38)39)42-28(40,41)15-3-1-12(2-4-15)23-19(30)9-14(10-20(23)31)25(34)26(35)36/h1-11H. The first-order chi connectivity index (χ1) is 19.5. The SMILES string of the molecule is FC(F)=C(F)c1cc(F)c(-c2ccc(C(F)(F)Oc3ccc(-c4cc(F)c(C(F)(F)F)c(F)c4)c(F)c3)cc2)c(F)c1. The second-order valence-corrected chi connectivity index (χ2v) is 8.54. The van der Waals surface area contributed by atoms with Crippen LogP contribution >= 0.6 is 0 Å².